The van der Waals surface area contributed by atoms with E-state index in [9.17, 15) is 4.79 Å². The highest BCUT2D eigenvalue weighted by molar-refractivity contribution is 5.78. The smallest absolute Gasteiger partial charge is 0.228 e. The summed E-state index contributed by atoms with van der Waals surface area (Å²) < 4.78 is 11.0. The second-order valence-corrected chi connectivity index (χ2v) is 5.74. The van der Waals surface area contributed by atoms with Crippen molar-refractivity contribution in [2.75, 3.05) is 26.3 Å². The van der Waals surface area contributed by atoms with Crippen LogP contribution in [0.4, 0.5) is 0 Å². The molecule has 3 rings (SSSR count). The number of carbonyl (C=O) groups excluding carboxylic acids is 1. The molecule has 1 aromatic carbocycles. The van der Waals surface area contributed by atoms with Gasteiger partial charge in [-0.2, -0.15) is 0 Å². The van der Waals surface area contributed by atoms with E-state index in [0.717, 1.165) is 17.7 Å². The van der Waals surface area contributed by atoms with Gasteiger partial charge in [-0.3, -0.25) is 4.79 Å². The van der Waals surface area contributed by atoms with Crippen molar-refractivity contribution >= 4 is 5.91 Å². The average Bonchev–Trinajstić information content (AvgIpc) is 2.96. The lowest BCUT2D eigenvalue weighted by Gasteiger charge is -2.26. The van der Waals surface area contributed by atoms with Crippen LogP contribution >= 0.6 is 0 Å². The minimum atomic E-state index is 0.0811. The van der Waals surface area contributed by atoms with Gasteiger partial charge in [0.25, 0.3) is 0 Å². The predicted molar refractivity (Wildman–Crippen MR) is 87.2 cm³/mol. The van der Waals surface area contributed by atoms with Crippen molar-refractivity contribution in [3.63, 3.8) is 0 Å². The van der Waals surface area contributed by atoms with Gasteiger partial charge in [0.2, 0.25) is 11.8 Å². The van der Waals surface area contributed by atoms with Crippen molar-refractivity contribution in [2.24, 2.45) is 0 Å². The number of ether oxygens (including phenoxy) is 1. The fraction of sp³-hybridized carbons (Fsp3) is 0.444. The van der Waals surface area contributed by atoms with E-state index in [2.05, 4.69) is 24.0 Å². The van der Waals surface area contributed by atoms with Crippen LogP contribution in [0.2, 0.25) is 0 Å². The van der Waals surface area contributed by atoms with E-state index in [1.54, 1.807) is 0 Å². The lowest BCUT2D eigenvalue weighted by molar-refractivity contribution is -0.134. The van der Waals surface area contributed by atoms with Gasteiger partial charge in [0.1, 0.15) is 5.76 Å². The van der Waals surface area contributed by atoms with Crippen LogP contribution in [0.5, 0.6) is 0 Å². The number of nitrogens with zero attached hydrogens (tertiary/aromatic N) is 2. The van der Waals surface area contributed by atoms with Crippen LogP contribution in [0.15, 0.2) is 28.7 Å². The zero-order chi connectivity index (χ0) is 16.2. The molecule has 1 aliphatic rings. The Labute approximate surface area is 136 Å². The van der Waals surface area contributed by atoms with Crippen molar-refractivity contribution < 1.29 is 13.9 Å². The zero-order valence-electron chi connectivity index (χ0n) is 13.7. The molecule has 0 radical (unpaired) electrons. The Kier molecular flexibility index (Phi) is 4.76. The van der Waals surface area contributed by atoms with Crippen LogP contribution in [0.25, 0.3) is 11.5 Å². The van der Waals surface area contributed by atoms with Crippen molar-refractivity contribution in [3.8, 4) is 11.5 Å². The minimum absolute atomic E-state index is 0.0811. The number of aromatic nitrogens is 1. The van der Waals surface area contributed by atoms with Crippen LogP contribution in [0.3, 0.4) is 0 Å². The lowest BCUT2D eigenvalue weighted by Crippen LogP contribution is -2.41. The first-order chi connectivity index (χ1) is 11.2. The van der Waals surface area contributed by atoms with Crippen LogP contribution in [0, 0.1) is 6.92 Å². The van der Waals surface area contributed by atoms with Crippen LogP contribution in [-0.2, 0) is 22.4 Å². The molecule has 0 spiro atoms. The standard InChI is InChI=1S/C18H22N2O3/c1-3-14-4-6-15(7-5-14)18-19-16(13(2)23-18)12-17(21)20-8-10-22-11-9-20/h4-7H,3,8-12H2,1-2H3. The molecule has 122 valence electrons. The van der Waals surface area contributed by atoms with Gasteiger partial charge in [0.15, 0.2) is 0 Å². The number of oxazole rings is 1. The van der Waals surface area contributed by atoms with E-state index in [0.29, 0.717) is 38.0 Å². The van der Waals surface area contributed by atoms with E-state index in [1.165, 1.54) is 5.56 Å². The van der Waals surface area contributed by atoms with Gasteiger partial charge in [-0.25, -0.2) is 4.98 Å². The van der Waals surface area contributed by atoms with Gasteiger partial charge in [-0.05, 0) is 31.0 Å². The largest absolute Gasteiger partial charge is 0.441 e. The summed E-state index contributed by atoms with van der Waals surface area (Å²) in [5.41, 5.74) is 2.94. The summed E-state index contributed by atoms with van der Waals surface area (Å²) in [4.78, 5) is 18.7. The van der Waals surface area contributed by atoms with Crippen molar-refractivity contribution in [3.05, 3.63) is 41.3 Å². The Morgan fingerprint density at radius 3 is 2.57 bits per heavy atom. The topological polar surface area (TPSA) is 55.6 Å². The molecule has 0 saturated carbocycles. The van der Waals surface area contributed by atoms with Gasteiger partial charge in [-0.1, -0.05) is 19.1 Å². The maximum absolute atomic E-state index is 12.3. The SMILES string of the molecule is CCc1ccc(-c2nc(CC(=O)N3CCOCC3)c(C)o2)cc1. The Morgan fingerprint density at radius 2 is 1.91 bits per heavy atom. The van der Waals surface area contributed by atoms with Crippen LogP contribution in [0.1, 0.15) is 23.9 Å². The Bertz CT molecular complexity index is 670. The highest BCUT2D eigenvalue weighted by atomic mass is 16.5. The summed E-state index contributed by atoms with van der Waals surface area (Å²) in [6, 6.07) is 8.18. The van der Waals surface area contributed by atoms with Crippen molar-refractivity contribution in [1.29, 1.82) is 0 Å². The number of benzene rings is 1. The number of rotatable bonds is 4. The third-order valence-electron chi connectivity index (χ3n) is 4.18. The molecule has 1 fully saturated rings. The number of amides is 1. The zero-order valence-corrected chi connectivity index (χ0v) is 13.7. The molecule has 0 bridgehead atoms. The summed E-state index contributed by atoms with van der Waals surface area (Å²) >= 11 is 0. The van der Waals surface area contributed by atoms with E-state index >= 15 is 0 Å². The highest BCUT2D eigenvalue weighted by Gasteiger charge is 2.20. The molecule has 1 aromatic heterocycles. The average molecular weight is 314 g/mol. The summed E-state index contributed by atoms with van der Waals surface area (Å²) in [6.07, 6.45) is 1.28. The van der Waals surface area contributed by atoms with Gasteiger partial charge >= 0.3 is 0 Å². The molecule has 1 aliphatic heterocycles. The van der Waals surface area contributed by atoms with Crippen molar-refractivity contribution in [2.45, 2.75) is 26.7 Å². The molecule has 5 nitrogen and oxygen atoms in total. The second-order valence-electron chi connectivity index (χ2n) is 5.74. The summed E-state index contributed by atoms with van der Waals surface area (Å²) in [7, 11) is 0. The lowest BCUT2D eigenvalue weighted by atomic mass is 10.1. The third kappa shape index (κ3) is 3.62. The number of carbonyl (C=O) groups is 1. The van der Waals surface area contributed by atoms with E-state index in [-0.39, 0.29) is 12.3 Å². The molecule has 1 saturated heterocycles. The predicted octanol–water partition coefficient (Wildman–Crippen LogP) is 2.61. The van der Waals surface area contributed by atoms with Crippen LogP contribution < -0.4 is 0 Å². The van der Waals surface area contributed by atoms with Crippen molar-refractivity contribution in [1.82, 2.24) is 9.88 Å². The summed E-state index contributed by atoms with van der Waals surface area (Å²) in [5, 5.41) is 0. The molecule has 2 heterocycles. The fourth-order valence-corrected chi connectivity index (χ4v) is 2.67. The monoisotopic (exact) mass is 314 g/mol. The normalized spacial score (nSPS) is 15.0. The fourth-order valence-electron chi connectivity index (χ4n) is 2.67. The van der Waals surface area contributed by atoms with E-state index in [1.807, 2.05) is 24.0 Å². The Balaban J connectivity index is 1.73. The molecule has 2 aromatic rings. The van der Waals surface area contributed by atoms with Gasteiger partial charge < -0.3 is 14.1 Å². The first-order valence-corrected chi connectivity index (χ1v) is 8.08. The molecular formula is C18H22N2O3. The van der Waals surface area contributed by atoms with Gasteiger partial charge in [0.05, 0.1) is 25.3 Å². The minimum Gasteiger partial charge on any atom is -0.441 e. The number of hydrogen-bond donors (Lipinski definition) is 0. The van der Waals surface area contributed by atoms with Crippen LogP contribution in [-0.4, -0.2) is 42.1 Å². The molecular weight excluding hydrogens is 292 g/mol. The first kappa shape index (κ1) is 15.7. The highest BCUT2D eigenvalue weighted by Crippen LogP contribution is 2.23. The third-order valence-corrected chi connectivity index (χ3v) is 4.18. The summed E-state index contributed by atoms with van der Waals surface area (Å²) in [6.45, 7) is 6.51. The van der Waals surface area contributed by atoms with Gasteiger partial charge in [-0.15, -0.1) is 0 Å². The molecule has 5 heteroatoms. The number of aryl methyl sites for hydroxylation is 2. The van der Waals surface area contributed by atoms with Gasteiger partial charge in [0, 0.05) is 18.7 Å². The summed E-state index contributed by atoms with van der Waals surface area (Å²) in [5.74, 6) is 1.37. The molecule has 1 amide bonds. The quantitative estimate of drug-likeness (QED) is 0.870. The van der Waals surface area contributed by atoms with E-state index < -0.39 is 0 Å². The molecule has 0 aliphatic carbocycles. The number of morpholine rings is 1. The Morgan fingerprint density at radius 1 is 1.22 bits per heavy atom. The molecule has 0 atom stereocenters. The molecule has 0 N–H and O–H groups in total. The first-order valence-electron chi connectivity index (χ1n) is 8.08. The maximum atomic E-state index is 12.3. The molecule has 23 heavy (non-hydrogen) atoms. The second kappa shape index (κ2) is 6.96. The maximum Gasteiger partial charge on any atom is 0.228 e. The Hall–Kier alpha value is -2.14. The molecule has 0 unspecified atom stereocenters. The van der Waals surface area contributed by atoms with E-state index in [4.69, 9.17) is 9.15 Å². The number of hydrogen-bond acceptors (Lipinski definition) is 4.